The van der Waals surface area contributed by atoms with E-state index in [0.29, 0.717) is 5.82 Å². The van der Waals surface area contributed by atoms with Gasteiger partial charge in [-0.05, 0) is 5.41 Å². The van der Waals surface area contributed by atoms with Gasteiger partial charge in [-0.1, -0.05) is 20.8 Å². The summed E-state index contributed by atoms with van der Waals surface area (Å²) in [5.41, 5.74) is 5.43. The minimum absolute atomic E-state index is 0.0370. The van der Waals surface area contributed by atoms with Crippen LogP contribution in [-0.4, -0.2) is 40.2 Å². The van der Waals surface area contributed by atoms with Crippen molar-refractivity contribution < 1.29 is 14.3 Å². The highest BCUT2D eigenvalue weighted by Gasteiger charge is 2.28. The number of carbonyl (C=O) groups excluding carboxylic acids is 2. The maximum absolute atomic E-state index is 11.8. The van der Waals surface area contributed by atoms with Crippen molar-refractivity contribution in [3.63, 3.8) is 0 Å². The third-order valence-corrected chi connectivity index (χ3v) is 2.52. The van der Waals surface area contributed by atoms with Crippen LogP contribution in [-0.2, 0) is 20.7 Å². The third kappa shape index (κ3) is 4.32. The number of rotatable bonds is 4. The van der Waals surface area contributed by atoms with Crippen LogP contribution in [0.15, 0.2) is 0 Å². The molecule has 0 saturated heterocycles. The van der Waals surface area contributed by atoms with Crippen molar-refractivity contribution in [3.8, 4) is 0 Å². The van der Waals surface area contributed by atoms with Crippen molar-refractivity contribution in [3.05, 3.63) is 5.82 Å². The van der Waals surface area contributed by atoms with E-state index in [9.17, 15) is 9.59 Å². The number of nitrogens with two attached hydrogens (primary N) is 1. The Balaban J connectivity index is 2.64. The van der Waals surface area contributed by atoms with Crippen LogP contribution in [0, 0.1) is 5.41 Å². The number of ether oxygens (including phenoxy) is 1. The van der Waals surface area contributed by atoms with Gasteiger partial charge >= 0.3 is 5.97 Å². The first kappa shape index (κ1) is 15.1. The van der Waals surface area contributed by atoms with Crippen molar-refractivity contribution in [1.82, 2.24) is 15.2 Å². The molecule has 1 aromatic heterocycles. The van der Waals surface area contributed by atoms with E-state index in [1.165, 1.54) is 7.11 Å². The summed E-state index contributed by atoms with van der Waals surface area (Å²) < 4.78 is 4.49. The number of anilines is 1. The Morgan fingerprint density at radius 2 is 2.11 bits per heavy atom. The molecular formula is C11H19N5O3. The second-order valence-corrected chi connectivity index (χ2v) is 5.19. The molecule has 8 heteroatoms. The van der Waals surface area contributed by atoms with E-state index in [1.807, 2.05) is 20.8 Å². The minimum Gasteiger partial charge on any atom is -0.469 e. The molecule has 1 rings (SSSR count). The molecule has 0 spiro atoms. The van der Waals surface area contributed by atoms with E-state index in [-0.39, 0.29) is 23.7 Å². The zero-order valence-corrected chi connectivity index (χ0v) is 11.5. The Kier molecular flexibility index (Phi) is 4.60. The van der Waals surface area contributed by atoms with E-state index in [2.05, 4.69) is 25.2 Å². The Hall–Kier alpha value is -1.96. The highest BCUT2D eigenvalue weighted by molar-refractivity contribution is 5.93. The molecule has 4 N–H and O–H groups in total. The van der Waals surface area contributed by atoms with Crippen LogP contribution < -0.4 is 11.1 Å². The van der Waals surface area contributed by atoms with Crippen molar-refractivity contribution in [1.29, 1.82) is 0 Å². The lowest BCUT2D eigenvalue weighted by molar-refractivity contribution is -0.139. The van der Waals surface area contributed by atoms with Crippen LogP contribution in [0.4, 0.5) is 5.95 Å². The number of aromatic nitrogens is 3. The van der Waals surface area contributed by atoms with Gasteiger partial charge in [0.1, 0.15) is 12.2 Å². The molecule has 19 heavy (non-hydrogen) atoms. The van der Waals surface area contributed by atoms with Gasteiger partial charge in [0.15, 0.2) is 0 Å². The Morgan fingerprint density at radius 1 is 1.47 bits per heavy atom. The molecule has 1 heterocycles. The van der Waals surface area contributed by atoms with Crippen LogP contribution in [0.2, 0.25) is 0 Å². The average Bonchev–Trinajstić information content (AvgIpc) is 2.73. The van der Waals surface area contributed by atoms with Gasteiger partial charge in [0.2, 0.25) is 11.9 Å². The second-order valence-electron chi connectivity index (χ2n) is 5.19. The Bertz CT molecular complexity index is 463. The van der Waals surface area contributed by atoms with E-state index in [1.54, 1.807) is 0 Å². The number of carbonyl (C=O) groups is 2. The van der Waals surface area contributed by atoms with Crippen molar-refractivity contribution in [2.75, 3.05) is 12.4 Å². The van der Waals surface area contributed by atoms with Crippen LogP contribution in [0.3, 0.4) is 0 Å². The highest BCUT2D eigenvalue weighted by atomic mass is 16.5. The van der Waals surface area contributed by atoms with E-state index >= 15 is 0 Å². The fourth-order valence-corrected chi connectivity index (χ4v) is 1.22. The van der Waals surface area contributed by atoms with Gasteiger partial charge in [0.05, 0.1) is 13.2 Å². The summed E-state index contributed by atoms with van der Waals surface area (Å²) in [7, 11) is 1.28. The molecule has 0 aliphatic heterocycles. The zero-order chi connectivity index (χ0) is 14.6. The first-order valence-corrected chi connectivity index (χ1v) is 5.78. The number of esters is 1. The summed E-state index contributed by atoms with van der Waals surface area (Å²) in [6.07, 6.45) is -0.0370. The van der Waals surface area contributed by atoms with Crippen molar-refractivity contribution in [2.45, 2.75) is 33.2 Å². The van der Waals surface area contributed by atoms with E-state index in [4.69, 9.17) is 5.73 Å². The van der Waals surface area contributed by atoms with Crippen molar-refractivity contribution >= 4 is 17.8 Å². The van der Waals surface area contributed by atoms with E-state index < -0.39 is 12.0 Å². The predicted octanol–water partition coefficient (Wildman–Crippen LogP) is -0.168. The third-order valence-electron chi connectivity index (χ3n) is 2.52. The number of aromatic amines is 1. The summed E-state index contributed by atoms with van der Waals surface area (Å²) in [4.78, 5) is 26.8. The van der Waals surface area contributed by atoms with Gasteiger partial charge in [-0.2, -0.15) is 4.98 Å². The fourth-order valence-electron chi connectivity index (χ4n) is 1.22. The zero-order valence-electron chi connectivity index (χ0n) is 11.5. The van der Waals surface area contributed by atoms with Crippen LogP contribution in [0.5, 0.6) is 0 Å². The van der Waals surface area contributed by atoms with E-state index in [0.717, 1.165) is 0 Å². The maximum Gasteiger partial charge on any atom is 0.313 e. The number of methoxy groups -OCH3 is 1. The molecule has 0 aliphatic carbocycles. The molecule has 0 unspecified atom stereocenters. The molecule has 1 aromatic rings. The maximum atomic E-state index is 11.8. The monoisotopic (exact) mass is 269 g/mol. The molecule has 0 radical (unpaired) electrons. The van der Waals surface area contributed by atoms with Gasteiger partial charge in [0.25, 0.3) is 0 Å². The van der Waals surface area contributed by atoms with Gasteiger partial charge in [-0.15, -0.1) is 5.10 Å². The van der Waals surface area contributed by atoms with Crippen LogP contribution >= 0.6 is 0 Å². The molecular weight excluding hydrogens is 250 g/mol. The van der Waals surface area contributed by atoms with Crippen LogP contribution in [0.1, 0.15) is 26.6 Å². The molecule has 1 atom stereocenters. The number of amides is 1. The Morgan fingerprint density at radius 3 is 2.63 bits per heavy atom. The molecule has 8 nitrogen and oxygen atoms in total. The Labute approximate surface area is 111 Å². The number of nitrogens with one attached hydrogen (secondary N) is 2. The fraction of sp³-hybridized carbons (Fsp3) is 0.636. The summed E-state index contributed by atoms with van der Waals surface area (Å²) in [5, 5.41) is 8.80. The number of nitrogens with zero attached hydrogens (tertiary/aromatic N) is 2. The normalized spacial score (nSPS) is 12.9. The number of hydrogen-bond acceptors (Lipinski definition) is 6. The van der Waals surface area contributed by atoms with Crippen molar-refractivity contribution in [2.24, 2.45) is 11.1 Å². The predicted molar refractivity (Wildman–Crippen MR) is 68.2 cm³/mol. The van der Waals surface area contributed by atoms with Crippen LogP contribution in [0.25, 0.3) is 0 Å². The summed E-state index contributed by atoms with van der Waals surface area (Å²) >= 11 is 0. The topological polar surface area (TPSA) is 123 Å². The summed E-state index contributed by atoms with van der Waals surface area (Å²) in [6.45, 7) is 5.58. The van der Waals surface area contributed by atoms with Gasteiger partial charge in [-0.25, -0.2) is 0 Å². The lowest BCUT2D eigenvalue weighted by Gasteiger charge is -2.25. The van der Waals surface area contributed by atoms with Gasteiger partial charge in [0, 0.05) is 0 Å². The standard InChI is InChI=1S/C11H19N5O3/c1-11(2,3)8(12)9(18)14-10-13-6(15-16-10)5-7(17)19-4/h8H,5,12H2,1-4H3,(H2,13,14,15,16,18)/t8-/m1/s1. The van der Waals surface area contributed by atoms with Gasteiger partial charge < -0.3 is 10.5 Å². The minimum atomic E-state index is -0.685. The molecule has 1 amide bonds. The lowest BCUT2D eigenvalue weighted by Crippen LogP contribution is -2.45. The first-order valence-electron chi connectivity index (χ1n) is 5.78. The highest BCUT2D eigenvalue weighted by Crippen LogP contribution is 2.18. The average molecular weight is 269 g/mol. The molecule has 0 fully saturated rings. The molecule has 0 aromatic carbocycles. The molecule has 106 valence electrons. The second kappa shape index (κ2) is 5.79. The molecule has 0 saturated carbocycles. The lowest BCUT2D eigenvalue weighted by atomic mass is 9.87. The SMILES string of the molecule is COC(=O)Cc1nc(NC(=O)[C@@H](N)C(C)(C)C)n[nH]1. The molecule has 0 bridgehead atoms. The summed E-state index contributed by atoms with van der Waals surface area (Å²) in [6, 6.07) is -0.685. The first-order chi connectivity index (χ1) is 8.74. The number of H-pyrrole nitrogens is 1. The summed E-state index contributed by atoms with van der Waals surface area (Å²) in [5.74, 6) is -0.424. The smallest absolute Gasteiger partial charge is 0.313 e. The van der Waals surface area contributed by atoms with Gasteiger partial charge in [-0.3, -0.25) is 20.0 Å². The molecule has 0 aliphatic rings. The largest absolute Gasteiger partial charge is 0.469 e. The number of hydrogen-bond donors (Lipinski definition) is 3. The quantitative estimate of drug-likeness (QED) is 0.652.